The van der Waals surface area contributed by atoms with E-state index < -0.39 is 12.8 Å². The van der Waals surface area contributed by atoms with Crippen molar-refractivity contribution in [3.05, 3.63) is 127 Å². The van der Waals surface area contributed by atoms with E-state index in [1.165, 1.54) is 0 Å². The summed E-state index contributed by atoms with van der Waals surface area (Å²) in [4.78, 5) is 0. The number of aromatic nitrogens is 4. The maximum absolute atomic E-state index is 15.8. The van der Waals surface area contributed by atoms with Gasteiger partial charge in [0, 0.05) is 16.8 Å². The molecule has 0 amide bonds. The van der Waals surface area contributed by atoms with Crippen LogP contribution in [0.15, 0.2) is 116 Å². The summed E-state index contributed by atoms with van der Waals surface area (Å²) >= 11 is 0. The minimum atomic E-state index is -3.23. The van der Waals surface area contributed by atoms with E-state index in [0.29, 0.717) is 0 Å². The van der Waals surface area contributed by atoms with Gasteiger partial charge in [0.1, 0.15) is 22.7 Å². The fourth-order valence-electron chi connectivity index (χ4n) is 8.05. The Morgan fingerprint density at radius 2 is 1.57 bits per heavy atom. The topological polar surface area (TPSA) is 43.9 Å². The first kappa shape index (κ1) is 20.0. The third kappa shape index (κ3) is 1.78. The predicted molar refractivity (Wildman–Crippen MR) is 152 cm³/mol. The molecule has 4 aliphatic rings. The Morgan fingerprint density at radius 3 is 2.50 bits per heavy atom. The molecule has 6 nitrogen and oxygen atoms in total. The Bertz CT molecular complexity index is 2400. The zero-order valence-corrected chi connectivity index (χ0v) is 21.9. The smallest absolute Gasteiger partial charge is 0.397 e. The van der Waals surface area contributed by atoms with Gasteiger partial charge in [-0.15, -0.1) is 4.68 Å². The molecule has 3 aromatic heterocycles. The predicted octanol–water partition coefficient (Wildman–Crippen LogP) is 4.13. The van der Waals surface area contributed by atoms with Crippen LogP contribution in [0.3, 0.4) is 0 Å². The highest BCUT2D eigenvalue weighted by atomic mass is 31.2. The molecule has 40 heavy (non-hydrogen) atoms. The van der Waals surface area contributed by atoms with Crippen LogP contribution in [0, 0.1) is 0 Å². The van der Waals surface area contributed by atoms with Crippen molar-refractivity contribution in [3.8, 4) is 22.9 Å². The quantitative estimate of drug-likeness (QED) is 0.235. The summed E-state index contributed by atoms with van der Waals surface area (Å²) in [6, 6.07) is 33.1. The lowest BCUT2D eigenvalue weighted by atomic mass is 9.84. The second-order valence-corrected chi connectivity index (χ2v) is 13.7. The highest BCUT2D eigenvalue weighted by Gasteiger charge is 2.69. The molecular weight excluding hydrogens is 515 g/mol. The number of hydrogen-bond donors (Lipinski definition) is 0. The Kier molecular flexibility index (Phi) is 3.06. The number of benzene rings is 4. The summed E-state index contributed by atoms with van der Waals surface area (Å²) in [6.45, 7) is 0. The van der Waals surface area contributed by atoms with Gasteiger partial charge < -0.3 is 9.30 Å². The first-order valence-electron chi connectivity index (χ1n) is 13.5. The molecule has 4 aromatic carbocycles. The number of ether oxygens (including phenoxy) is 1. The molecule has 186 valence electrons. The average Bonchev–Trinajstić information content (AvgIpc) is 3.69. The van der Waals surface area contributed by atoms with Crippen LogP contribution >= 0.6 is 7.14 Å². The van der Waals surface area contributed by atoms with Crippen LogP contribution in [0.4, 0.5) is 0 Å². The molecule has 0 fully saturated rings. The van der Waals surface area contributed by atoms with Crippen molar-refractivity contribution in [1.82, 2.24) is 9.25 Å². The molecule has 0 N–H and O–H groups in total. The molecule has 0 saturated heterocycles. The van der Waals surface area contributed by atoms with Crippen molar-refractivity contribution >= 4 is 45.0 Å². The molecule has 1 spiro atoms. The van der Waals surface area contributed by atoms with Gasteiger partial charge in [0.2, 0.25) is 6.20 Å². The largest absolute Gasteiger partial charge is 0.456 e. The van der Waals surface area contributed by atoms with Crippen LogP contribution in [0.1, 0.15) is 11.1 Å². The monoisotopic (exact) mass is 534 g/mol. The SMILES string of the molecule is O=P1(c2ccccc2)c2ccc3c4c2-n2c5c1cccc5c1ccc[n+](c12)C41c2c(cccc2-n2ccc[n+]21)O3. The summed E-state index contributed by atoms with van der Waals surface area (Å²) in [6.07, 6.45) is 6.44. The molecule has 7 heterocycles. The number of para-hydroxylation sites is 1. The first-order chi connectivity index (χ1) is 19.7. The van der Waals surface area contributed by atoms with Gasteiger partial charge in [-0.1, -0.05) is 47.1 Å². The van der Waals surface area contributed by atoms with Crippen molar-refractivity contribution in [1.29, 1.82) is 0 Å². The van der Waals surface area contributed by atoms with E-state index in [4.69, 9.17) is 4.74 Å². The van der Waals surface area contributed by atoms with E-state index in [9.17, 15) is 0 Å². The van der Waals surface area contributed by atoms with Crippen molar-refractivity contribution in [3.63, 3.8) is 0 Å². The lowest BCUT2D eigenvalue weighted by Gasteiger charge is -2.36. The van der Waals surface area contributed by atoms with Gasteiger partial charge in [0.15, 0.2) is 23.9 Å². The second-order valence-electron chi connectivity index (χ2n) is 11.0. The molecule has 0 saturated carbocycles. The molecule has 11 rings (SSSR count). The van der Waals surface area contributed by atoms with Crippen LogP contribution in [-0.2, 0) is 10.2 Å². The number of hydrogen-bond acceptors (Lipinski definition) is 2. The molecule has 0 aliphatic carbocycles. The highest BCUT2D eigenvalue weighted by Crippen LogP contribution is 2.58. The van der Waals surface area contributed by atoms with Gasteiger partial charge in [-0.2, -0.15) is 9.13 Å². The molecule has 0 bridgehead atoms. The van der Waals surface area contributed by atoms with Gasteiger partial charge in [0.25, 0.3) is 0 Å². The molecule has 2 atom stereocenters. The summed E-state index contributed by atoms with van der Waals surface area (Å²) in [5, 5.41) is 4.86. The van der Waals surface area contributed by atoms with E-state index in [2.05, 4.69) is 97.8 Å². The molecule has 0 radical (unpaired) electrons. The summed E-state index contributed by atoms with van der Waals surface area (Å²) < 4.78 is 31.8. The van der Waals surface area contributed by atoms with E-state index in [-0.39, 0.29) is 0 Å². The zero-order valence-electron chi connectivity index (χ0n) is 21.0. The Hall–Kier alpha value is -4.93. The van der Waals surface area contributed by atoms with Gasteiger partial charge in [-0.05, 0) is 48.5 Å². The third-order valence-corrected chi connectivity index (χ3v) is 12.5. The standard InChI is InChI=1S/C33H19N4O2P/c38-40(20-8-2-1-3-9-20)26-14-4-10-21-22-11-6-17-34-32(22)37(30(21)26)31-27(40)16-15-25-29(31)33(34)28-23(12-5-13-24(28)39-25)35-18-7-19-36(33)35/h1-19H/q+2. The third-order valence-electron chi connectivity index (χ3n) is 9.38. The number of rotatable bonds is 1. The van der Waals surface area contributed by atoms with Gasteiger partial charge in [-0.25, -0.2) is 0 Å². The van der Waals surface area contributed by atoms with Crippen LogP contribution in [0.5, 0.6) is 11.5 Å². The summed E-state index contributed by atoms with van der Waals surface area (Å²) in [5.41, 5.74) is 5.58. The molecule has 7 aromatic rings. The van der Waals surface area contributed by atoms with E-state index in [1.807, 2.05) is 36.4 Å². The van der Waals surface area contributed by atoms with Crippen LogP contribution in [0.2, 0.25) is 0 Å². The first-order valence-corrected chi connectivity index (χ1v) is 15.2. The minimum absolute atomic E-state index is 0.739. The fourth-order valence-corrected chi connectivity index (χ4v) is 11.1. The van der Waals surface area contributed by atoms with Crippen molar-refractivity contribution in [2.75, 3.05) is 0 Å². The highest BCUT2D eigenvalue weighted by molar-refractivity contribution is 7.86. The fraction of sp³-hybridized carbons (Fsp3) is 0.0303. The molecule has 4 aliphatic heterocycles. The normalized spacial score (nSPS) is 21.5. The maximum atomic E-state index is 15.8. The zero-order chi connectivity index (χ0) is 26.0. The number of nitrogens with zero attached hydrogens (tertiary/aromatic N) is 4. The lowest BCUT2D eigenvalue weighted by Crippen LogP contribution is -2.76. The maximum Gasteiger partial charge on any atom is 0.397 e. The van der Waals surface area contributed by atoms with Crippen LogP contribution in [0.25, 0.3) is 33.3 Å². The molecule has 2 unspecified atom stereocenters. The van der Waals surface area contributed by atoms with Gasteiger partial charge in [-0.3, -0.25) is 0 Å². The van der Waals surface area contributed by atoms with Gasteiger partial charge in [0.05, 0.1) is 28.4 Å². The number of fused-ring (bicyclic) bond motifs is 3. The summed E-state index contributed by atoms with van der Waals surface area (Å²) in [5.74, 6) is 1.64. The van der Waals surface area contributed by atoms with E-state index in [1.54, 1.807) is 0 Å². The van der Waals surface area contributed by atoms with Crippen LogP contribution < -0.4 is 29.9 Å². The Morgan fingerprint density at radius 1 is 0.725 bits per heavy atom. The molecular formula is C33H19N4O2P+2. The minimum Gasteiger partial charge on any atom is -0.456 e. The van der Waals surface area contributed by atoms with Crippen LogP contribution in [-0.4, -0.2) is 9.25 Å². The van der Waals surface area contributed by atoms with Crippen molar-refractivity contribution < 1.29 is 18.6 Å². The Balaban J connectivity index is 1.49. The van der Waals surface area contributed by atoms with E-state index >= 15 is 4.57 Å². The lowest BCUT2D eigenvalue weighted by molar-refractivity contribution is -0.987. The second kappa shape index (κ2) is 6.11. The Labute approximate surface area is 227 Å². The van der Waals surface area contributed by atoms with Crippen molar-refractivity contribution in [2.24, 2.45) is 0 Å². The van der Waals surface area contributed by atoms with E-state index in [0.717, 1.165) is 71.9 Å². The van der Waals surface area contributed by atoms with Gasteiger partial charge >= 0.3 is 11.3 Å². The molecule has 7 heteroatoms. The van der Waals surface area contributed by atoms with Crippen molar-refractivity contribution in [2.45, 2.75) is 5.66 Å². The number of pyridine rings is 1. The summed E-state index contributed by atoms with van der Waals surface area (Å²) in [7, 11) is -3.23. The average molecular weight is 535 g/mol.